The first kappa shape index (κ1) is 25.9. The van der Waals surface area contributed by atoms with Crippen molar-refractivity contribution in [2.45, 2.75) is 19.8 Å². The lowest BCUT2D eigenvalue weighted by atomic mass is 9.76. The van der Waals surface area contributed by atoms with Crippen LogP contribution < -0.4 is 15.0 Å². The molecular weight excluding hydrogens is 486 g/mol. The minimum atomic E-state index is -0.580. The maximum Gasteiger partial charge on any atom is 0.414 e. The zero-order chi connectivity index (χ0) is 26.7. The molecule has 0 spiro atoms. The molecule has 4 heterocycles. The SMILES string of the molecule is Cc1c[nH]c2ncnc(N3CCC(CN4CCOCC4)(C(=O)Nc4cccc(OC(=O)N(C)C)c4)CC3)c12. The van der Waals surface area contributed by atoms with E-state index in [4.69, 9.17) is 9.47 Å². The van der Waals surface area contributed by atoms with Crippen LogP contribution in [0, 0.1) is 12.3 Å². The Labute approximate surface area is 222 Å². The molecule has 2 saturated heterocycles. The van der Waals surface area contributed by atoms with Crippen molar-refractivity contribution < 1.29 is 19.1 Å². The van der Waals surface area contributed by atoms with Gasteiger partial charge < -0.3 is 29.6 Å². The van der Waals surface area contributed by atoms with E-state index in [2.05, 4.69) is 37.0 Å². The van der Waals surface area contributed by atoms with Crippen LogP contribution in [0.2, 0.25) is 0 Å². The third-order valence-corrected chi connectivity index (χ3v) is 7.44. The van der Waals surface area contributed by atoms with Gasteiger partial charge in [0.1, 0.15) is 23.5 Å². The summed E-state index contributed by atoms with van der Waals surface area (Å²) >= 11 is 0. The Balaban J connectivity index is 1.35. The zero-order valence-electron chi connectivity index (χ0n) is 22.2. The van der Waals surface area contributed by atoms with Crippen LogP contribution in [0.15, 0.2) is 36.8 Å². The molecule has 0 bridgehead atoms. The summed E-state index contributed by atoms with van der Waals surface area (Å²) in [5, 5.41) is 4.15. The molecule has 2 amide bonds. The van der Waals surface area contributed by atoms with Crippen LogP contribution in [-0.4, -0.2) is 96.8 Å². The third kappa shape index (κ3) is 5.44. The molecule has 2 aliphatic rings. The van der Waals surface area contributed by atoms with Crippen molar-refractivity contribution in [3.8, 4) is 5.75 Å². The topological polar surface area (TPSA) is 116 Å². The van der Waals surface area contributed by atoms with Crippen LogP contribution in [0.5, 0.6) is 5.75 Å². The number of aromatic nitrogens is 3. The Hall–Kier alpha value is -3.70. The average Bonchev–Trinajstić information content (AvgIpc) is 3.31. The molecule has 3 aromatic rings. The molecule has 11 nitrogen and oxygen atoms in total. The summed E-state index contributed by atoms with van der Waals surface area (Å²) < 4.78 is 10.9. The van der Waals surface area contributed by atoms with E-state index in [9.17, 15) is 9.59 Å². The number of carbonyl (C=O) groups excluding carboxylic acids is 2. The number of hydrogen-bond donors (Lipinski definition) is 2. The van der Waals surface area contributed by atoms with Crippen molar-refractivity contribution in [3.63, 3.8) is 0 Å². The Bertz CT molecular complexity index is 1290. The number of anilines is 2. The smallest absolute Gasteiger partial charge is 0.410 e. The highest BCUT2D eigenvalue weighted by molar-refractivity contribution is 5.96. The number of ether oxygens (including phenoxy) is 2. The van der Waals surface area contributed by atoms with E-state index >= 15 is 0 Å². The zero-order valence-corrected chi connectivity index (χ0v) is 22.2. The van der Waals surface area contributed by atoms with E-state index in [-0.39, 0.29) is 5.91 Å². The first-order chi connectivity index (χ1) is 18.3. The number of carbonyl (C=O) groups is 2. The first-order valence-corrected chi connectivity index (χ1v) is 13.0. The van der Waals surface area contributed by atoms with Gasteiger partial charge in [-0.1, -0.05) is 6.07 Å². The number of rotatable bonds is 6. The van der Waals surface area contributed by atoms with Crippen LogP contribution in [-0.2, 0) is 9.53 Å². The molecule has 0 unspecified atom stereocenters. The lowest BCUT2D eigenvalue weighted by Crippen LogP contribution is -2.54. The summed E-state index contributed by atoms with van der Waals surface area (Å²) in [6.45, 7) is 7.09. The van der Waals surface area contributed by atoms with Crippen molar-refractivity contribution in [2.75, 3.05) is 70.2 Å². The highest BCUT2D eigenvalue weighted by atomic mass is 16.6. The second-order valence-electron chi connectivity index (χ2n) is 10.3. The highest BCUT2D eigenvalue weighted by Crippen LogP contribution is 2.37. The van der Waals surface area contributed by atoms with Crippen molar-refractivity contribution in [2.24, 2.45) is 5.41 Å². The van der Waals surface area contributed by atoms with E-state index in [1.807, 2.05) is 12.3 Å². The summed E-state index contributed by atoms with van der Waals surface area (Å²) in [6.07, 6.45) is 4.43. The fourth-order valence-corrected chi connectivity index (χ4v) is 5.22. The summed E-state index contributed by atoms with van der Waals surface area (Å²) in [4.78, 5) is 44.1. The molecule has 0 radical (unpaired) electrons. The molecule has 38 heavy (non-hydrogen) atoms. The predicted molar refractivity (Wildman–Crippen MR) is 145 cm³/mol. The van der Waals surface area contributed by atoms with Gasteiger partial charge in [-0.25, -0.2) is 14.8 Å². The molecule has 0 atom stereocenters. The van der Waals surface area contributed by atoms with E-state index in [1.165, 1.54) is 4.90 Å². The van der Waals surface area contributed by atoms with Gasteiger partial charge in [-0.05, 0) is 37.5 Å². The van der Waals surface area contributed by atoms with E-state index in [0.29, 0.717) is 57.1 Å². The highest BCUT2D eigenvalue weighted by Gasteiger charge is 2.43. The van der Waals surface area contributed by atoms with Crippen molar-refractivity contribution >= 4 is 34.5 Å². The average molecular weight is 522 g/mol. The van der Waals surface area contributed by atoms with Crippen LogP contribution in [0.25, 0.3) is 11.0 Å². The Morgan fingerprint density at radius 3 is 2.66 bits per heavy atom. The van der Waals surface area contributed by atoms with Crippen LogP contribution in [0.1, 0.15) is 18.4 Å². The summed E-state index contributed by atoms with van der Waals surface area (Å²) in [5.74, 6) is 1.27. The number of benzene rings is 1. The Morgan fingerprint density at radius 2 is 1.92 bits per heavy atom. The molecule has 2 fully saturated rings. The first-order valence-electron chi connectivity index (χ1n) is 13.0. The maximum absolute atomic E-state index is 13.9. The number of morpholine rings is 1. The van der Waals surface area contributed by atoms with Gasteiger partial charge in [-0.2, -0.15) is 0 Å². The molecule has 0 aliphatic carbocycles. The summed E-state index contributed by atoms with van der Waals surface area (Å²) in [7, 11) is 3.25. The maximum atomic E-state index is 13.9. The van der Waals surface area contributed by atoms with Gasteiger partial charge in [0.15, 0.2) is 0 Å². The molecule has 2 aliphatic heterocycles. The third-order valence-electron chi connectivity index (χ3n) is 7.44. The molecule has 1 aromatic carbocycles. The number of piperidine rings is 1. The molecule has 2 aromatic heterocycles. The minimum absolute atomic E-state index is 0.0228. The fraction of sp³-hybridized carbons (Fsp3) is 0.481. The van der Waals surface area contributed by atoms with Gasteiger partial charge in [0.05, 0.1) is 24.0 Å². The lowest BCUT2D eigenvalue weighted by molar-refractivity contribution is -0.129. The second kappa shape index (κ2) is 11.0. The molecular formula is C27H35N7O4. The van der Waals surface area contributed by atoms with Gasteiger partial charge in [0.25, 0.3) is 0 Å². The van der Waals surface area contributed by atoms with Gasteiger partial charge >= 0.3 is 6.09 Å². The number of nitrogens with zero attached hydrogens (tertiary/aromatic N) is 5. The Morgan fingerprint density at radius 1 is 1.16 bits per heavy atom. The molecule has 2 N–H and O–H groups in total. The van der Waals surface area contributed by atoms with E-state index in [1.54, 1.807) is 38.6 Å². The monoisotopic (exact) mass is 521 g/mol. The Kier molecular flexibility index (Phi) is 7.48. The van der Waals surface area contributed by atoms with E-state index in [0.717, 1.165) is 35.5 Å². The van der Waals surface area contributed by atoms with Gasteiger partial charge in [0, 0.05) is 64.8 Å². The lowest BCUT2D eigenvalue weighted by Gasteiger charge is -2.44. The standard InChI is InChI=1S/C27H35N7O4/c1-19-16-28-23-22(19)24(30-18-29-23)34-9-7-27(8-10-34,17-33-11-13-37-14-12-33)25(35)31-20-5-4-6-21(15-20)38-26(36)32(2)3/h4-6,15-16,18H,7-14,17H2,1-3H3,(H,31,35)(H,28,29,30). The predicted octanol–water partition coefficient (Wildman–Crippen LogP) is 2.88. The van der Waals surface area contributed by atoms with Crippen LogP contribution in [0.4, 0.5) is 16.3 Å². The number of aromatic amines is 1. The van der Waals surface area contributed by atoms with Crippen molar-refractivity contribution in [1.29, 1.82) is 0 Å². The minimum Gasteiger partial charge on any atom is -0.410 e. The largest absolute Gasteiger partial charge is 0.414 e. The molecule has 202 valence electrons. The number of H-pyrrole nitrogens is 1. The normalized spacial score (nSPS) is 17.8. The van der Waals surface area contributed by atoms with Crippen LogP contribution >= 0.6 is 0 Å². The summed E-state index contributed by atoms with van der Waals surface area (Å²) in [5.41, 5.74) is 1.95. The number of nitrogens with one attached hydrogen (secondary N) is 2. The number of amides is 2. The van der Waals surface area contributed by atoms with E-state index < -0.39 is 11.5 Å². The van der Waals surface area contributed by atoms with Crippen LogP contribution in [0.3, 0.4) is 0 Å². The fourth-order valence-electron chi connectivity index (χ4n) is 5.22. The van der Waals surface area contributed by atoms with Crippen molar-refractivity contribution in [3.05, 3.63) is 42.4 Å². The van der Waals surface area contributed by atoms with Gasteiger partial charge in [-0.15, -0.1) is 0 Å². The quantitative estimate of drug-likeness (QED) is 0.509. The number of fused-ring (bicyclic) bond motifs is 1. The van der Waals surface area contributed by atoms with Gasteiger partial charge in [-0.3, -0.25) is 9.69 Å². The molecule has 11 heteroatoms. The number of hydrogen-bond acceptors (Lipinski definition) is 8. The number of aryl methyl sites for hydroxylation is 1. The molecule has 0 saturated carbocycles. The van der Waals surface area contributed by atoms with Gasteiger partial charge in [0.2, 0.25) is 5.91 Å². The second-order valence-corrected chi connectivity index (χ2v) is 10.3. The summed E-state index contributed by atoms with van der Waals surface area (Å²) in [6, 6.07) is 6.97. The molecule has 5 rings (SSSR count). The van der Waals surface area contributed by atoms with Crippen molar-refractivity contribution in [1.82, 2.24) is 24.8 Å².